The first kappa shape index (κ1) is 16.0. The van der Waals surface area contributed by atoms with E-state index in [1.807, 2.05) is 0 Å². The number of nitrogens with two attached hydrogens (primary N) is 1. The van der Waals surface area contributed by atoms with Crippen molar-refractivity contribution in [1.82, 2.24) is 4.72 Å². The molecule has 3 N–H and O–H groups in total. The molecule has 0 radical (unpaired) electrons. The lowest BCUT2D eigenvalue weighted by Gasteiger charge is -2.09. The van der Waals surface area contributed by atoms with E-state index in [-0.39, 0.29) is 11.4 Å². The lowest BCUT2D eigenvalue weighted by atomic mass is 10.2. The van der Waals surface area contributed by atoms with Gasteiger partial charge in [-0.3, -0.25) is 0 Å². The maximum Gasteiger partial charge on any atom is 0.240 e. The number of sulfonamides is 1. The van der Waals surface area contributed by atoms with Gasteiger partial charge in [-0.15, -0.1) is 0 Å². The van der Waals surface area contributed by atoms with E-state index in [2.05, 4.69) is 4.72 Å². The second-order valence-corrected chi connectivity index (χ2v) is 5.80. The Labute approximate surface area is 113 Å². The van der Waals surface area contributed by atoms with Gasteiger partial charge in [-0.05, 0) is 37.1 Å². The molecule has 0 aromatic heterocycles. The Kier molecular flexibility index (Phi) is 6.36. The van der Waals surface area contributed by atoms with E-state index in [4.69, 9.17) is 10.5 Å². The molecule has 1 aromatic rings. The molecular formula is C12H19FN2O3S. The highest BCUT2D eigenvalue weighted by Gasteiger charge is 2.16. The van der Waals surface area contributed by atoms with Gasteiger partial charge in [0.2, 0.25) is 10.0 Å². The van der Waals surface area contributed by atoms with Gasteiger partial charge >= 0.3 is 0 Å². The molecule has 0 aliphatic heterocycles. The molecule has 0 saturated carbocycles. The van der Waals surface area contributed by atoms with Gasteiger partial charge in [-0.1, -0.05) is 0 Å². The molecule has 0 heterocycles. The molecule has 0 bridgehead atoms. The standard InChI is InChI=1S/C12H19FN2O3S/c1-10-9-11(13)3-4-12(10)19(16,17)15-6-2-7-18-8-5-14/h3-4,9,15H,2,5-8,14H2,1H3. The summed E-state index contributed by atoms with van der Waals surface area (Å²) in [5.74, 6) is -0.452. The van der Waals surface area contributed by atoms with Crippen molar-refractivity contribution < 1.29 is 17.5 Å². The number of rotatable bonds is 8. The summed E-state index contributed by atoms with van der Waals surface area (Å²) in [5.41, 5.74) is 5.63. The van der Waals surface area contributed by atoms with Crippen molar-refractivity contribution in [3.63, 3.8) is 0 Å². The quantitative estimate of drug-likeness (QED) is 0.693. The predicted octanol–water partition coefficient (Wildman–Crippen LogP) is 0.778. The van der Waals surface area contributed by atoms with Crippen molar-refractivity contribution in [2.45, 2.75) is 18.2 Å². The average Bonchev–Trinajstić information content (AvgIpc) is 2.33. The van der Waals surface area contributed by atoms with Gasteiger partial charge in [0.1, 0.15) is 5.82 Å². The van der Waals surface area contributed by atoms with Gasteiger partial charge in [0.05, 0.1) is 11.5 Å². The highest BCUT2D eigenvalue weighted by Crippen LogP contribution is 2.15. The first-order valence-electron chi connectivity index (χ1n) is 6.01. The van der Waals surface area contributed by atoms with E-state index in [9.17, 15) is 12.8 Å². The van der Waals surface area contributed by atoms with Crippen LogP contribution >= 0.6 is 0 Å². The fourth-order valence-electron chi connectivity index (χ4n) is 1.56. The lowest BCUT2D eigenvalue weighted by Crippen LogP contribution is -2.26. The van der Waals surface area contributed by atoms with E-state index in [0.717, 1.165) is 6.07 Å². The van der Waals surface area contributed by atoms with Crippen molar-refractivity contribution in [3.05, 3.63) is 29.6 Å². The van der Waals surface area contributed by atoms with E-state index >= 15 is 0 Å². The van der Waals surface area contributed by atoms with E-state index in [0.29, 0.717) is 31.7 Å². The third-order valence-electron chi connectivity index (χ3n) is 2.45. The van der Waals surface area contributed by atoms with Gasteiger partial charge in [0, 0.05) is 19.7 Å². The topological polar surface area (TPSA) is 81.4 Å². The third kappa shape index (κ3) is 5.23. The van der Waals surface area contributed by atoms with E-state index in [1.54, 1.807) is 6.92 Å². The van der Waals surface area contributed by atoms with Gasteiger partial charge in [-0.2, -0.15) is 0 Å². The highest BCUT2D eigenvalue weighted by atomic mass is 32.2. The maximum atomic E-state index is 12.9. The Hall–Kier alpha value is -1.02. The van der Waals surface area contributed by atoms with Crippen molar-refractivity contribution in [1.29, 1.82) is 0 Å². The van der Waals surface area contributed by atoms with Crippen LogP contribution in [0.25, 0.3) is 0 Å². The molecule has 1 rings (SSSR count). The molecule has 19 heavy (non-hydrogen) atoms. The van der Waals surface area contributed by atoms with Crippen LogP contribution in [-0.4, -0.2) is 34.7 Å². The summed E-state index contributed by atoms with van der Waals surface area (Å²) in [6.07, 6.45) is 0.555. The van der Waals surface area contributed by atoms with Crippen molar-refractivity contribution in [2.75, 3.05) is 26.3 Å². The molecule has 0 aliphatic carbocycles. The zero-order valence-corrected chi connectivity index (χ0v) is 11.7. The molecule has 7 heteroatoms. The molecular weight excluding hydrogens is 271 g/mol. The smallest absolute Gasteiger partial charge is 0.240 e. The van der Waals surface area contributed by atoms with Crippen LogP contribution in [0.15, 0.2) is 23.1 Å². The van der Waals surface area contributed by atoms with E-state index < -0.39 is 15.8 Å². The highest BCUT2D eigenvalue weighted by molar-refractivity contribution is 7.89. The van der Waals surface area contributed by atoms with Crippen molar-refractivity contribution in [2.24, 2.45) is 5.73 Å². The molecule has 0 fully saturated rings. The number of nitrogens with one attached hydrogen (secondary N) is 1. The Morgan fingerprint density at radius 3 is 2.74 bits per heavy atom. The minimum atomic E-state index is -3.60. The predicted molar refractivity (Wildman–Crippen MR) is 70.8 cm³/mol. The molecule has 0 saturated heterocycles. The number of hydrogen-bond acceptors (Lipinski definition) is 4. The molecule has 0 unspecified atom stereocenters. The minimum Gasteiger partial charge on any atom is -0.380 e. The van der Waals surface area contributed by atoms with Crippen molar-refractivity contribution in [3.8, 4) is 0 Å². The summed E-state index contributed by atoms with van der Waals surface area (Å²) < 4.78 is 44.4. The summed E-state index contributed by atoms with van der Waals surface area (Å²) in [5, 5.41) is 0. The molecule has 0 amide bonds. The van der Waals surface area contributed by atoms with Crippen molar-refractivity contribution >= 4 is 10.0 Å². The number of halogens is 1. The second kappa shape index (κ2) is 7.54. The summed E-state index contributed by atoms with van der Waals surface area (Å²) in [6.45, 7) is 3.18. The Balaban J connectivity index is 2.52. The number of aryl methyl sites for hydroxylation is 1. The van der Waals surface area contributed by atoms with E-state index in [1.165, 1.54) is 12.1 Å². The van der Waals surface area contributed by atoms with Gasteiger partial charge in [0.25, 0.3) is 0 Å². The van der Waals surface area contributed by atoms with Crippen LogP contribution in [-0.2, 0) is 14.8 Å². The monoisotopic (exact) mass is 290 g/mol. The molecule has 0 atom stereocenters. The lowest BCUT2D eigenvalue weighted by molar-refractivity contribution is 0.140. The van der Waals surface area contributed by atoms with Crippen LogP contribution in [0.5, 0.6) is 0 Å². The summed E-state index contributed by atoms with van der Waals surface area (Å²) in [7, 11) is -3.60. The van der Waals surface area contributed by atoms with Crippen LogP contribution < -0.4 is 10.5 Å². The Bertz CT molecular complexity index is 506. The normalized spacial score (nSPS) is 11.7. The molecule has 0 aliphatic rings. The largest absolute Gasteiger partial charge is 0.380 e. The minimum absolute atomic E-state index is 0.0942. The van der Waals surface area contributed by atoms with Crippen LogP contribution in [0.4, 0.5) is 4.39 Å². The van der Waals surface area contributed by atoms with Crippen LogP contribution in [0.1, 0.15) is 12.0 Å². The first-order chi connectivity index (χ1) is 8.97. The number of ether oxygens (including phenoxy) is 1. The zero-order valence-electron chi connectivity index (χ0n) is 10.9. The first-order valence-corrected chi connectivity index (χ1v) is 7.49. The Morgan fingerprint density at radius 2 is 2.11 bits per heavy atom. The fraction of sp³-hybridized carbons (Fsp3) is 0.500. The van der Waals surface area contributed by atoms with Gasteiger partial charge < -0.3 is 10.5 Å². The Morgan fingerprint density at radius 1 is 1.37 bits per heavy atom. The fourth-order valence-corrected chi connectivity index (χ4v) is 2.86. The summed E-state index contributed by atoms with van der Waals surface area (Å²) in [6, 6.07) is 3.59. The number of benzene rings is 1. The SMILES string of the molecule is Cc1cc(F)ccc1S(=O)(=O)NCCCOCCN. The average molecular weight is 290 g/mol. The van der Waals surface area contributed by atoms with Gasteiger partial charge in [0.15, 0.2) is 0 Å². The van der Waals surface area contributed by atoms with Gasteiger partial charge in [-0.25, -0.2) is 17.5 Å². The third-order valence-corrected chi connectivity index (χ3v) is 4.07. The van der Waals surface area contributed by atoms with Crippen LogP contribution in [0.3, 0.4) is 0 Å². The second-order valence-electron chi connectivity index (χ2n) is 4.06. The van der Waals surface area contributed by atoms with Crippen LogP contribution in [0, 0.1) is 12.7 Å². The molecule has 0 spiro atoms. The summed E-state index contributed by atoms with van der Waals surface area (Å²) in [4.78, 5) is 0.0942. The summed E-state index contributed by atoms with van der Waals surface area (Å²) >= 11 is 0. The molecule has 5 nitrogen and oxygen atoms in total. The zero-order chi connectivity index (χ0) is 14.3. The maximum absolute atomic E-state index is 12.9. The van der Waals surface area contributed by atoms with Crippen LogP contribution in [0.2, 0.25) is 0 Å². The molecule has 108 valence electrons. The number of hydrogen-bond donors (Lipinski definition) is 2. The molecule has 1 aromatic carbocycles.